The molecule has 0 radical (unpaired) electrons. The second-order valence-electron chi connectivity index (χ2n) is 17.3. The van der Waals surface area contributed by atoms with Crippen molar-refractivity contribution in [2.75, 3.05) is 47.3 Å². The van der Waals surface area contributed by atoms with Crippen molar-refractivity contribution in [2.45, 2.75) is 188 Å². The van der Waals surface area contributed by atoms with Gasteiger partial charge in [0.1, 0.15) is 5.69 Å². The summed E-state index contributed by atoms with van der Waals surface area (Å²) in [4.78, 5) is 34.0. The third kappa shape index (κ3) is 23.8. The minimum absolute atomic E-state index is 0.0615. The number of thioether (sulfide) groups is 2. The van der Waals surface area contributed by atoms with Gasteiger partial charge in [-0.25, -0.2) is 38.3 Å². The van der Waals surface area contributed by atoms with Crippen LogP contribution in [0, 0.1) is 6.42 Å². The van der Waals surface area contributed by atoms with E-state index in [-0.39, 0.29) is 50.6 Å². The fraction of sp³-hybridized carbons (Fsp3) is 0.638. The number of aromatic nitrogens is 8. The number of nitrogens with zero attached hydrogens (tertiary/aromatic N) is 8. The quantitative estimate of drug-likeness (QED) is 0.0267. The number of nitrogens with two attached hydrogens (primary N) is 4. The van der Waals surface area contributed by atoms with Crippen molar-refractivity contribution in [3.05, 3.63) is 50.9 Å². The molecule has 0 fully saturated rings. The molecule has 0 bridgehead atoms. The molecule has 0 unspecified atom stereocenters. The number of hydrogen-bond donors (Lipinski definition) is 4. The van der Waals surface area contributed by atoms with Gasteiger partial charge in [0, 0.05) is 11.5 Å². The van der Waals surface area contributed by atoms with E-state index in [0.717, 1.165) is 58.0 Å². The maximum absolute atomic E-state index is 12.1. The van der Waals surface area contributed by atoms with Gasteiger partial charge in [0.05, 0.1) is 64.1 Å². The van der Waals surface area contributed by atoms with Gasteiger partial charge in [-0.3, -0.25) is 0 Å². The van der Waals surface area contributed by atoms with E-state index in [9.17, 15) is 8.42 Å². The molecule has 0 saturated carbocycles. The number of ether oxygens (including phenoxy) is 1. The van der Waals surface area contributed by atoms with Gasteiger partial charge < -0.3 is 34.1 Å². The summed E-state index contributed by atoms with van der Waals surface area (Å²) in [6.45, 7) is 34.6. The third-order valence-electron chi connectivity index (χ3n) is 8.87. The number of sulfone groups is 1. The van der Waals surface area contributed by atoms with E-state index in [1.165, 1.54) is 28.1 Å². The van der Waals surface area contributed by atoms with Crippen molar-refractivity contribution in [2.24, 2.45) is 0 Å². The number of methoxy groups -OCH3 is 1. The van der Waals surface area contributed by atoms with E-state index >= 15 is 0 Å². The normalized spacial score (nSPS) is 11.0. The van der Waals surface area contributed by atoms with Crippen LogP contribution >= 0.6 is 60.3 Å². The summed E-state index contributed by atoms with van der Waals surface area (Å²) in [6.07, 6.45) is 4.73. The summed E-state index contributed by atoms with van der Waals surface area (Å²) < 4.78 is 29.3. The number of anilines is 4. The molecular formula is C47H81BrCl2N12O3S3Zn. The molecule has 0 amide bonds. The van der Waals surface area contributed by atoms with E-state index in [1.807, 2.05) is 54.9 Å². The molecule has 4 aromatic heterocycles. The molecule has 388 valence electrons. The Kier molecular flexibility index (Phi) is 35.6. The van der Waals surface area contributed by atoms with Gasteiger partial charge in [0.15, 0.2) is 20.6 Å². The Morgan fingerprint density at radius 2 is 0.812 bits per heavy atom. The van der Waals surface area contributed by atoms with Gasteiger partial charge in [-0.2, -0.15) is 23.8 Å². The minimum atomic E-state index is -3.42. The summed E-state index contributed by atoms with van der Waals surface area (Å²) in [5.74, 6) is 3.43. The molecule has 4 aromatic rings. The van der Waals surface area contributed by atoms with Crippen molar-refractivity contribution in [1.82, 2.24) is 39.9 Å². The number of hydrogen-bond acceptors (Lipinski definition) is 17. The fourth-order valence-corrected chi connectivity index (χ4v) is 8.69. The van der Waals surface area contributed by atoms with Crippen molar-refractivity contribution in [1.29, 1.82) is 0 Å². The molecule has 69 heavy (non-hydrogen) atoms. The summed E-state index contributed by atoms with van der Waals surface area (Å²) >= 11 is 18.9. The van der Waals surface area contributed by atoms with Gasteiger partial charge in [-0.1, -0.05) is 151 Å². The van der Waals surface area contributed by atoms with Crippen LogP contribution in [-0.4, -0.2) is 72.7 Å². The zero-order valence-electron chi connectivity index (χ0n) is 44.5. The Labute approximate surface area is 451 Å². The second-order valence-corrected chi connectivity index (χ2v) is 22.1. The van der Waals surface area contributed by atoms with E-state index in [0.29, 0.717) is 52.2 Å². The molecule has 0 saturated heterocycles. The first-order valence-electron chi connectivity index (χ1n) is 23.2. The molecule has 0 aliphatic heterocycles. The average Bonchev–Trinajstić information content (AvgIpc) is 3.28. The first-order chi connectivity index (χ1) is 32.2. The van der Waals surface area contributed by atoms with E-state index in [2.05, 4.69) is 123 Å². The average molecular weight is 1170 g/mol. The Morgan fingerprint density at radius 1 is 0.536 bits per heavy atom. The van der Waals surface area contributed by atoms with Crippen molar-refractivity contribution >= 4 is 92.9 Å². The Hall–Kier alpha value is -2.35. The van der Waals surface area contributed by atoms with E-state index in [1.54, 1.807) is 18.9 Å². The molecule has 4 heterocycles. The van der Waals surface area contributed by atoms with E-state index in [4.69, 9.17) is 50.9 Å². The molecule has 4 rings (SSSR count). The first-order valence-corrected chi connectivity index (χ1v) is 34.6. The van der Waals surface area contributed by atoms with Crippen LogP contribution in [0.4, 0.5) is 22.7 Å². The Morgan fingerprint density at radius 3 is 1.07 bits per heavy atom. The van der Waals surface area contributed by atoms with Gasteiger partial charge >= 0.3 is 36.0 Å². The zero-order chi connectivity index (χ0) is 53.9. The van der Waals surface area contributed by atoms with Crippen LogP contribution in [0.15, 0.2) is 15.5 Å². The summed E-state index contributed by atoms with van der Waals surface area (Å²) in [6, 6.07) is 0.400. The Balaban J connectivity index is 0. The van der Waals surface area contributed by atoms with Gasteiger partial charge in [0.2, 0.25) is 15.0 Å². The SMILES string of the molecule is CCCS(=O)(=O)c1nc(C(C)C)c(N)c(C(C)C)n1.CCCSc1nc(C(C)C)c(N)c(C(C)C)n1.CCCSc1nc(Cl)c(N)c(Cl)n1.COc1nc(C(C)C)c(N)c(C(C)C)n1.C[CH-]C.[Zn+][Br]. The fourth-order valence-electron chi connectivity index (χ4n) is 5.59. The third-order valence-corrected chi connectivity index (χ3v) is 13.2. The topological polar surface area (TPSA) is 251 Å². The van der Waals surface area contributed by atoms with Gasteiger partial charge in [-0.15, -0.1) is 0 Å². The molecule has 0 aliphatic carbocycles. The zero-order valence-corrected chi connectivity index (χ0v) is 53.0. The van der Waals surface area contributed by atoms with Gasteiger partial charge in [0.25, 0.3) is 0 Å². The summed E-state index contributed by atoms with van der Waals surface area (Å²) in [7, 11) is -1.85. The monoisotopic (exact) mass is 1170 g/mol. The van der Waals surface area contributed by atoms with Crippen LogP contribution < -0.4 is 27.7 Å². The van der Waals surface area contributed by atoms with Crippen LogP contribution in [0.2, 0.25) is 10.3 Å². The molecule has 0 spiro atoms. The van der Waals surface area contributed by atoms with Crippen LogP contribution in [0.25, 0.3) is 0 Å². The van der Waals surface area contributed by atoms with Crippen LogP contribution in [-0.2, 0) is 26.2 Å². The van der Waals surface area contributed by atoms with Crippen LogP contribution in [0.3, 0.4) is 0 Å². The number of halogens is 3. The molecular weight excluding hydrogens is 1090 g/mol. The van der Waals surface area contributed by atoms with Gasteiger partial charge in [-0.05, 0) is 54.8 Å². The summed E-state index contributed by atoms with van der Waals surface area (Å²) in [5, 5.41) is 1.80. The molecule has 8 N–H and O–H groups in total. The number of rotatable bonds is 16. The molecule has 0 aromatic carbocycles. The van der Waals surface area contributed by atoms with Crippen LogP contribution in [0.1, 0.15) is 207 Å². The first kappa shape index (κ1) is 68.7. The predicted molar refractivity (Wildman–Crippen MR) is 296 cm³/mol. The van der Waals surface area contributed by atoms with Crippen LogP contribution in [0.5, 0.6) is 6.01 Å². The molecule has 0 aliphatic rings. The maximum atomic E-state index is 12.1. The Bertz CT molecular complexity index is 2120. The van der Waals surface area contributed by atoms with E-state index < -0.39 is 9.84 Å². The predicted octanol–water partition coefficient (Wildman–Crippen LogP) is 13.6. The van der Waals surface area contributed by atoms with Crippen molar-refractivity contribution < 1.29 is 29.5 Å². The molecule has 22 heteroatoms. The number of nitrogen functional groups attached to an aromatic ring is 4. The molecule has 15 nitrogen and oxygen atoms in total. The van der Waals surface area contributed by atoms with Crippen molar-refractivity contribution in [3.63, 3.8) is 0 Å². The van der Waals surface area contributed by atoms with Crippen molar-refractivity contribution in [3.8, 4) is 6.01 Å². The standard InChI is InChI=1S/C13H23N3O2S.C13H23N3S.C11H19N3O.C7H9Cl2N3S.C3H7.BrH.Zn/c1-6-7-19(17,18)13-15-11(8(2)3)10(14)12(16-13)9(4)5;1-6-7-17-13-15-11(8(2)3)10(14)12(16-13)9(4)5;1-6(2)9-8(12)10(7(3)4)14-11(13-9)15-5;1-2-3-13-7-11-5(8)4(10)6(9)12-7;1-3-2;;/h8-9H,6-7,14H2,1-5H3;8-9H,6-7,14H2,1-5H3;6-7H,12H2,1-5H3;2-3,10H2,1H3;3H,1-2H3;1H;/q;;;;-1;;+2/p-1. The molecule has 0 atom stereocenters. The second kappa shape index (κ2) is 35.7. The summed E-state index contributed by atoms with van der Waals surface area (Å²) in [5.41, 5.74) is 30.9.